The van der Waals surface area contributed by atoms with Crippen molar-refractivity contribution < 1.29 is 4.79 Å². The molecule has 25 heavy (non-hydrogen) atoms. The SMILES string of the molecule is C[C@H](Nc1nc(C(=O)N2CCC2)c2sc(N)cc2n1)c1ccccn1. The lowest BCUT2D eigenvalue weighted by Gasteiger charge is -2.30. The molecule has 0 saturated carbocycles. The highest BCUT2D eigenvalue weighted by molar-refractivity contribution is 7.22. The third-order valence-electron chi connectivity index (χ3n) is 4.21. The van der Waals surface area contributed by atoms with Gasteiger partial charge in [0, 0.05) is 19.3 Å². The van der Waals surface area contributed by atoms with E-state index < -0.39 is 0 Å². The Hall–Kier alpha value is -2.74. The predicted molar refractivity (Wildman–Crippen MR) is 98.6 cm³/mol. The Morgan fingerprint density at radius 2 is 2.20 bits per heavy atom. The average Bonchev–Trinajstić information content (AvgIpc) is 2.93. The highest BCUT2D eigenvalue weighted by Crippen LogP contribution is 2.31. The van der Waals surface area contributed by atoms with Gasteiger partial charge in [0.05, 0.1) is 27.0 Å². The number of thiophene rings is 1. The molecule has 3 aromatic heterocycles. The van der Waals surface area contributed by atoms with Crippen molar-refractivity contribution in [3.63, 3.8) is 0 Å². The maximum Gasteiger partial charge on any atom is 0.274 e. The van der Waals surface area contributed by atoms with Crippen LogP contribution in [-0.2, 0) is 0 Å². The van der Waals surface area contributed by atoms with Gasteiger partial charge in [-0.05, 0) is 31.5 Å². The zero-order chi connectivity index (χ0) is 17.4. The molecule has 1 aliphatic heterocycles. The molecule has 0 unspecified atom stereocenters. The van der Waals surface area contributed by atoms with Crippen molar-refractivity contribution in [2.24, 2.45) is 0 Å². The molecule has 7 nitrogen and oxygen atoms in total. The Morgan fingerprint density at radius 3 is 2.88 bits per heavy atom. The maximum atomic E-state index is 12.7. The van der Waals surface area contributed by atoms with Crippen LogP contribution in [0.5, 0.6) is 0 Å². The molecule has 3 N–H and O–H groups in total. The molecule has 128 valence electrons. The number of nitrogens with one attached hydrogen (secondary N) is 1. The summed E-state index contributed by atoms with van der Waals surface area (Å²) >= 11 is 1.35. The van der Waals surface area contributed by atoms with Gasteiger partial charge in [0.1, 0.15) is 0 Å². The Bertz CT molecular complexity index is 922. The van der Waals surface area contributed by atoms with E-state index in [-0.39, 0.29) is 11.9 Å². The van der Waals surface area contributed by atoms with Crippen LogP contribution < -0.4 is 11.1 Å². The lowest BCUT2D eigenvalue weighted by Crippen LogP contribution is -2.42. The summed E-state index contributed by atoms with van der Waals surface area (Å²) in [7, 11) is 0. The second-order valence-corrected chi connectivity index (χ2v) is 7.11. The van der Waals surface area contributed by atoms with Crippen molar-refractivity contribution in [3.05, 3.63) is 41.9 Å². The van der Waals surface area contributed by atoms with Crippen molar-refractivity contribution in [2.75, 3.05) is 24.1 Å². The van der Waals surface area contributed by atoms with E-state index >= 15 is 0 Å². The number of hydrogen-bond donors (Lipinski definition) is 2. The molecule has 1 aliphatic rings. The summed E-state index contributed by atoms with van der Waals surface area (Å²) in [4.78, 5) is 27.9. The lowest BCUT2D eigenvalue weighted by atomic mass is 10.2. The van der Waals surface area contributed by atoms with Crippen LogP contribution in [0.25, 0.3) is 10.2 Å². The van der Waals surface area contributed by atoms with E-state index in [9.17, 15) is 4.79 Å². The van der Waals surface area contributed by atoms with Gasteiger partial charge in [0.2, 0.25) is 5.95 Å². The topological polar surface area (TPSA) is 97.0 Å². The fourth-order valence-corrected chi connectivity index (χ4v) is 3.57. The number of carbonyl (C=O) groups excluding carboxylic acids is 1. The molecule has 3 aromatic rings. The number of anilines is 2. The van der Waals surface area contributed by atoms with Gasteiger partial charge >= 0.3 is 0 Å². The van der Waals surface area contributed by atoms with Crippen LogP contribution in [0.15, 0.2) is 30.5 Å². The molecule has 0 aromatic carbocycles. The minimum atomic E-state index is -0.0819. The normalized spacial score (nSPS) is 15.0. The standard InChI is InChI=1S/C17H18N6OS/c1-10(11-5-2-3-6-19-11)20-17-21-12-9-13(18)25-15(12)14(22-17)16(24)23-7-4-8-23/h2-3,5-6,9-10H,4,7-8,18H2,1H3,(H,20,21,22)/t10-/m0/s1. The summed E-state index contributed by atoms with van der Waals surface area (Å²) in [6.45, 7) is 3.53. The van der Waals surface area contributed by atoms with Crippen molar-refractivity contribution in [1.82, 2.24) is 19.9 Å². The molecule has 1 saturated heterocycles. The average molecular weight is 354 g/mol. The second-order valence-electron chi connectivity index (χ2n) is 6.03. The predicted octanol–water partition coefficient (Wildman–Crippen LogP) is 2.69. The van der Waals surface area contributed by atoms with Crippen LogP contribution in [0.1, 0.15) is 35.6 Å². The Labute approximate surface area is 148 Å². The van der Waals surface area contributed by atoms with E-state index in [1.165, 1.54) is 11.3 Å². The number of fused-ring (bicyclic) bond motifs is 1. The number of aromatic nitrogens is 3. The van der Waals surface area contributed by atoms with Gasteiger partial charge < -0.3 is 16.0 Å². The van der Waals surface area contributed by atoms with Crippen molar-refractivity contribution in [3.8, 4) is 0 Å². The summed E-state index contributed by atoms with van der Waals surface area (Å²) in [6.07, 6.45) is 2.78. The molecular formula is C17H18N6OS. The van der Waals surface area contributed by atoms with E-state index in [1.807, 2.05) is 25.1 Å². The molecular weight excluding hydrogens is 336 g/mol. The first-order chi connectivity index (χ1) is 12.1. The van der Waals surface area contributed by atoms with Crippen molar-refractivity contribution in [2.45, 2.75) is 19.4 Å². The number of nitrogens with two attached hydrogens (primary N) is 1. The minimum Gasteiger partial charge on any atom is -0.391 e. The van der Waals surface area contributed by atoms with Crippen LogP contribution in [0.2, 0.25) is 0 Å². The largest absolute Gasteiger partial charge is 0.391 e. The molecule has 4 heterocycles. The van der Waals surface area contributed by atoms with Gasteiger partial charge in [-0.3, -0.25) is 9.78 Å². The van der Waals surface area contributed by atoms with E-state index in [0.717, 1.165) is 29.9 Å². The van der Waals surface area contributed by atoms with Gasteiger partial charge in [0.25, 0.3) is 5.91 Å². The van der Waals surface area contributed by atoms with Crippen LogP contribution in [0, 0.1) is 0 Å². The van der Waals surface area contributed by atoms with Gasteiger partial charge in [-0.25, -0.2) is 9.97 Å². The van der Waals surface area contributed by atoms with Crippen LogP contribution >= 0.6 is 11.3 Å². The number of amides is 1. The van der Waals surface area contributed by atoms with E-state index in [0.29, 0.717) is 22.2 Å². The monoisotopic (exact) mass is 354 g/mol. The molecule has 0 spiro atoms. The highest BCUT2D eigenvalue weighted by Gasteiger charge is 2.26. The van der Waals surface area contributed by atoms with Gasteiger partial charge in [0.15, 0.2) is 5.69 Å². The fourth-order valence-electron chi connectivity index (χ4n) is 2.73. The highest BCUT2D eigenvalue weighted by atomic mass is 32.1. The van der Waals surface area contributed by atoms with Gasteiger partial charge in [-0.15, -0.1) is 11.3 Å². The third-order valence-corrected chi connectivity index (χ3v) is 5.17. The van der Waals surface area contributed by atoms with Crippen LogP contribution in [0.4, 0.5) is 10.9 Å². The summed E-state index contributed by atoms with van der Waals surface area (Å²) in [5.41, 5.74) is 7.91. The molecule has 8 heteroatoms. The van der Waals surface area contributed by atoms with Gasteiger partial charge in [-0.2, -0.15) is 0 Å². The maximum absolute atomic E-state index is 12.7. The summed E-state index contributed by atoms with van der Waals surface area (Å²) in [5, 5.41) is 3.86. The molecule has 1 atom stereocenters. The number of nitrogens with zero attached hydrogens (tertiary/aromatic N) is 4. The molecule has 0 bridgehead atoms. The van der Waals surface area contributed by atoms with Crippen LogP contribution in [-0.4, -0.2) is 38.8 Å². The molecule has 0 radical (unpaired) electrons. The molecule has 1 fully saturated rings. The second kappa shape index (κ2) is 6.29. The number of pyridine rings is 1. The summed E-state index contributed by atoms with van der Waals surface area (Å²) in [5.74, 6) is 0.348. The Kier molecular flexibility index (Phi) is 3.96. The molecule has 1 amide bonds. The smallest absolute Gasteiger partial charge is 0.274 e. The first-order valence-corrected chi connectivity index (χ1v) is 8.97. The van der Waals surface area contributed by atoms with Crippen LogP contribution in [0.3, 0.4) is 0 Å². The first kappa shape index (κ1) is 15.8. The number of carbonyl (C=O) groups is 1. The number of likely N-dealkylation sites (tertiary alicyclic amines) is 1. The quantitative estimate of drug-likeness (QED) is 0.748. The van der Waals surface area contributed by atoms with Crippen molar-refractivity contribution in [1.29, 1.82) is 0 Å². The van der Waals surface area contributed by atoms with E-state index in [4.69, 9.17) is 5.73 Å². The third kappa shape index (κ3) is 3.00. The first-order valence-electron chi connectivity index (χ1n) is 8.15. The zero-order valence-electron chi connectivity index (χ0n) is 13.8. The number of nitrogen functional groups attached to an aromatic ring is 1. The lowest BCUT2D eigenvalue weighted by molar-refractivity contribution is 0.0648. The fraction of sp³-hybridized carbons (Fsp3) is 0.294. The summed E-state index contributed by atoms with van der Waals surface area (Å²) < 4.78 is 0.741. The van der Waals surface area contributed by atoms with E-state index in [2.05, 4.69) is 20.3 Å². The van der Waals surface area contributed by atoms with Gasteiger partial charge in [-0.1, -0.05) is 6.07 Å². The number of rotatable bonds is 4. The van der Waals surface area contributed by atoms with E-state index in [1.54, 1.807) is 17.2 Å². The Morgan fingerprint density at radius 1 is 1.36 bits per heavy atom. The van der Waals surface area contributed by atoms with Crippen molar-refractivity contribution >= 4 is 38.4 Å². The molecule has 0 aliphatic carbocycles. The number of hydrogen-bond acceptors (Lipinski definition) is 7. The minimum absolute atomic E-state index is 0.0611. The zero-order valence-corrected chi connectivity index (χ0v) is 14.6. The Balaban J connectivity index is 1.70. The summed E-state index contributed by atoms with van der Waals surface area (Å²) in [6, 6.07) is 7.44. The molecule has 4 rings (SSSR count).